The Hall–Kier alpha value is -1.68. The Labute approximate surface area is 94.1 Å². The zero-order valence-corrected chi connectivity index (χ0v) is 9.47. The largest absolute Gasteiger partial charge is 0.324 e. The summed E-state index contributed by atoms with van der Waals surface area (Å²) in [6.07, 6.45) is 3.83. The van der Waals surface area contributed by atoms with Gasteiger partial charge in [0.15, 0.2) is 5.78 Å². The van der Waals surface area contributed by atoms with Crippen LogP contribution >= 0.6 is 0 Å². The highest BCUT2D eigenvalue weighted by atomic mass is 16.1. The zero-order valence-electron chi connectivity index (χ0n) is 9.47. The monoisotopic (exact) mass is 217 g/mol. The number of aromatic nitrogens is 2. The summed E-state index contributed by atoms with van der Waals surface area (Å²) in [4.78, 5) is 15.9. The average molecular weight is 217 g/mol. The molecule has 4 heteroatoms. The van der Waals surface area contributed by atoms with Crippen LogP contribution in [0.1, 0.15) is 35.8 Å². The molecular weight excluding hydrogens is 202 g/mol. The minimum Gasteiger partial charge on any atom is -0.324 e. The molecule has 0 unspecified atom stereocenters. The van der Waals surface area contributed by atoms with Crippen LogP contribution in [0, 0.1) is 0 Å². The van der Waals surface area contributed by atoms with E-state index in [2.05, 4.69) is 18.8 Å². The Morgan fingerprint density at radius 1 is 1.56 bits per heavy atom. The molecule has 2 aromatic heterocycles. The number of rotatable bonds is 3. The predicted octanol–water partition coefficient (Wildman–Crippen LogP) is 1.60. The Morgan fingerprint density at radius 2 is 2.31 bits per heavy atom. The summed E-state index contributed by atoms with van der Waals surface area (Å²) < 4.78 is 1.92. The van der Waals surface area contributed by atoms with Crippen LogP contribution in [-0.4, -0.2) is 21.7 Å². The second-order valence-electron chi connectivity index (χ2n) is 4.13. The van der Waals surface area contributed by atoms with Gasteiger partial charge in [-0.3, -0.25) is 4.79 Å². The maximum Gasteiger partial charge on any atom is 0.176 e. The molecule has 0 fully saturated rings. The second-order valence-corrected chi connectivity index (χ2v) is 4.13. The summed E-state index contributed by atoms with van der Waals surface area (Å²) in [5, 5.41) is 0. The fraction of sp³-hybridized carbons (Fsp3) is 0.333. The predicted molar refractivity (Wildman–Crippen MR) is 62.7 cm³/mol. The number of imidazole rings is 1. The van der Waals surface area contributed by atoms with Crippen LogP contribution in [0.25, 0.3) is 5.65 Å². The Bertz CT molecular complexity index is 528. The highest BCUT2D eigenvalue weighted by Crippen LogP contribution is 2.15. The van der Waals surface area contributed by atoms with Gasteiger partial charge < -0.3 is 10.1 Å². The van der Waals surface area contributed by atoms with Crippen LogP contribution in [0.2, 0.25) is 0 Å². The van der Waals surface area contributed by atoms with E-state index in [1.165, 1.54) is 0 Å². The smallest absolute Gasteiger partial charge is 0.176 e. The number of nitrogens with zero attached hydrogens (tertiary/aromatic N) is 2. The summed E-state index contributed by atoms with van der Waals surface area (Å²) >= 11 is 0. The number of hydrogen-bond acceptors (Lipinski definition) is 3. The molecule has 2 aromatic rings. The van der Waals surface area contributed by atoms with Crippen molar-refractivity contribution in [3.05, 3.63) is 35.8 Å². The molecule has 0 spiro atoms. The molecule has 0 aliphatic rings. The molecule has 2 heterocycles. The third kappa shape index (κ3) is 1.84. The van der Waals surface area contributed by atoms with Crippen molar-refractivity contribution >= 4 is 11.4 Å². The van der Waals surface area contributed by atoms with Gasteiger partial charge in [0.2, 0.25) is 0 Å². The minimum atomic E-state index is -0.0587. The summed E-state index contributed by atoms with van der Waals surface area (Å²) in [5.74, 6) is 0.324. The third-order valence-electron chi connectivity index (χ3n) is 2.58. The molecule has 84 valence electrons. The maximum absolute atomic E-state index is 11.4. The standard InChI is InChI=1S/C12H15N3O/c1-8(2)10-7-15-4-3-9(11(16)6-13)5-12(15)14-10/h3-5,7-8H,6,13H2,1-2H3. The molecule has 0 bridgehead atoms. The van der Waals surface area contributed by atoms with Crippen molar-refractivity contribution in [1.82, 2.24) is 9.38 Å². The summed E-state index contributed by atoms with van der Waals surface area (Å²) in [6, 6.07) is 3.55. The molecular formula is C12H15N3O. The van der Waals surface area contributed by atoms with Gasteiger partial charge in [-0.1, -0.05) is 13.8 Å². The van der Waals surface area contributed by atoms with E-state index in [1.54, 1.807) is 12.1 Å². The highest BCUT2D eigenvalue weighted by Gasteiger charge is 2.08. The van der Waals surface area contributed by atoms with Gasteiger partial charge in [-0.05, 0) is 18.1 Å². The van der Waals surface area contributed by atoms with Crippen LogP contribution in [0.15, 0.2) is 24.5 Å². The third-order valence-corrected chi connectivity index (χ3v) is 2.58. The van der Waals surface area contributed by atoms with E-state index in [0.717, 1.165) is 11.3 Å². The van der Waals surface area contributed by atoms with E-state index < -0.39 is 0 Å². The molecule has 0 aliphatic carbocycles. The molecule has 0 aromatic carbocycles. The van der Waals surface area contributed by atoms with Gasteiger partial charge in [-0.2, -0.15) is 0 Å². The minimum absolute atomic E-state index is 0.0356. The van der Waals surface area contributed by atoms with E-state index in [1.807, 2.05) is 16.8 Å². The lowest BCUT2D eigenvalue weighted by molar-refractivity contribution is 0.100. The number of Topliss-reactive ketones (excluding diaryl/α,β-unsaturated/α-hetero) is 1. The molecule has 16 heavy (non-hydrogen) atoms. The summed E-state index contributed by atoms with van der Waals surface area (Å²) in [6.45, 7) is 4.22. The first-order valence-corrected chi connectivity index (χ1v) is 5.33. The molecule has 0 saturated heterocycles. The molecule has 0 saturated carbocycles. The van der Waals surface area contributed by atoms with E-state index in [0.29, 0.717) is 11.5 Å². The number of nitrogens with two attached hydrogens (primary N) is 1. The van der Waals surface area contributed by atoms with Gasteiger partial charge in [0.25, 0.3) is 0 Å². The lowest BCUT2D eigenvalue weighted by atomic mass is 10.2. The normalized spacial score (nSPS) is 11.2. The van der Waals surface area contributed by atoms with Crippen molar-refractivity contribution in [2.75, 3.05) is 6.54 Å². The summed E-state index contributed by atoms with van der Waals surface area (Å²) in [5.41, 5.74) is 7.77. The fourth-order valence-electron chi connectivity index (χ4n) is 1.57. The van der Waals surface area contributed by atoms with Crippen molar-refractivity contribution < 1.29 is 4.79 Å². The van der Waals surface area contributed by atoms with E-state index >= 15 is 0 Å². The average Bonchev–Trinajstić information content (AvgIpc) is 2.70. The first-order valence-electron chi connectivity index (χ1n) is 5.33. The van der Waals surface area contributed by atoms with Gasteiger partial charge in [0, 0.05) is 18.0 Å². The number of pyridine rings is 1. The highest BCUT2D eigenvalue weighted by molar-refractivity contribution is 5.98. The SMILES string of the molecule is CC(C)c1cn2ccc(C(=O)CN)cc2n1. The number of fused-ring (bicyclic) bond motifs is 1. The molecule has 2 N–H and O–H groups in total. The zero-order chi connectivity index (χ0) is 11.7. The molecule has 2 rings (SSSR count). The quantitative estimate of drug-likeness (QED) is 0.794. The van der Waals surface area contributed by atoms with Gasteiger partial charge in [0.05, 0.1) is 12.2 Å². The Morgan fingerprint density at radius 3 is 2.94 bits per heavy atom. The maximum atomic E-state index is 11.4. The molecule has 0 amide bonds. The molecule has 0 atom stereocenters. The first-order chi connectivity index (χ1) is 7.61. The van der Waals surface area contributed by atoms with Crippen molar-refractivity contribution in [2.45, 2.75) is 19.8 Å². The van der Waals surface area contributed by atoms with Crippen LogP contribution in [0.5, 0.6) is 0 Å². The van der Waals surface area contributed by atoms with Crippen molar-refractivity contribution in [2.24, 2.45) is 5.73 Å². The molecule has 4 nitrogen and oxygen atoms in total. The van der Waals surface area contributed by atoms with Gasteiger partial charge in [-0.15, -0.1) is 0 Å². The number of carbonyl (C=O) groups excluding carboxylic acids is 1. The summed E-state index contributed by atoms with van der Waals surface area (Å²) in [7, 11) is 0. The van der Waals surface area contributed by atoms with E-state index in [-0.39, 0.29) is 12.3 Å². The Balaban J connectivity index is 2.49. The topological polar surface area (TPSA) is 60.4 Å². The molecule has 0 aliphatic heterocycles. The lowest BCUT2D eigenvalue weighted by Crippen LogP contribution is -2.13. The van der Waals surface area contributed by atoms with E-state index in [9.17, 15) is 4.79 Å². The van der Waals surface area contributed by atoms with E-state index in [4.69, 9.17) is 5.73 Å². The van der Waals surface area contributed by atoms with Gasteiger partial charge in [-0.25, -0.2) is 4.98 Å². The van der Waals surface area contributed by atoms with Crippen molar-refractivity contribution in [3.8, 4) is 0 Å². The van der Waals surface area contributed by atoms with Crippen LogP contribution in [-0.2, 0) is 0 Å². The second kappa shape index (κ2) is 4.06. The lowest BCUT2D eigenvalue weighted by Gasteiger charge is -1.98. The van der Waals surface area contributed by atoms with Gasteiger partial charge in [0.1, 0.15) is 5.65 Å². The first kappa shape index (κ1) is 10.8. The van der Waals surface area contributed by atoms with Crippen molar-refractivity contribution in [1.29, 1.82) is 0 Å². The number of carbonyl (C=O) groups is 1. The van der Waals surface area contributed by atoms with Crippen LogP contribution in [0.3, 0.4) is 0 Å². The van der Waals surface area contributed by atoms with Crippen LogP contribution in [0.4, 0.5) is 0 Å². The number of ketones is 1. The van der Waals surface area contributed by atoms with Crippen LogP contribution < -0.4 is 5.73 Å². The fourth-order valence-corrected chi connectivity index (χ4v) is 1.57. The van der Waals surface area contributed by atoms with Crippen molar-refractivity contribution in [3.63, 3.8) is 0 Å². The Kier molecular flexibility index (Phi) is 2.75. The molecule has 0 radical (unpaired) electrons. The van der Waals surface area contributed by atoms with Gasteiger partial charge >= 0.3 is 0 Å². The number of hydrogen-bond donors (Lipinski definition) is 1.